The zero-order chi connectivity index (χ0) is 13.7. The molecule has 2 rings (SSSR count). The molecule has 5 heteroatoms. The Morgan fingerprint density at radius 1 is 1.26 bits per heavy atom. The highest BCUT2D eigenvalue weighted by Gasteiger charge is 2.21. The Morgan fingerprint density at radius 2 is 1.95 bits per heavy atom. The topological polar surface area (TPSA) is 55.4 Å². The molecule has 1 saturated carbocycles. The molecule has 0 spiro atoms. The number of nitrogens with one attached hydrogen (secondary N) is 1. The number of ether oxygens (including phenoxy) is 1. The van der Waals surface area contributed by atoms with Crippen molar-refractivity contribution >= 4 is 27.6 Å². The van der Waals surface area contributed by atoms with Crippen molar-refractivity contribution in [2.45, 2.75) is 12.8 Å². The maximum absolute atomic E-state index is 11.8. The number of halogens is 1. The molecular weight excluding hydrogens is 310 g/mol. The molecule has 1 aliphatic rings. The van der Waals surface area contributed by atoms with Gasteiger partial charge in [-0.25, -0.2) is 0 Å². The van der Waals surface area contributed by atoms with E-state index in [0.29, 0.717) is 24.6 Å². The number of Topliss-reactive ketones (excluding diaryl/α,β-unsaturated/α-hetero) is 1. The molecular formula is C14H16BrNO3. The lowest BCUT2D eigenvalue weighted by Gasteiger charge is -2.05. The first-order chi connectivity index (χ1) is 9.16. The number of carbonyl (C=O) groups is 2. The summed E-state index contributed by atoms with van der Waals surface area (Å²) in [6.45, 7) is 1.58. The number of ketones is 1. The summed E-state index contributed by atoms with van der Waals surface area (Å²) in [6, 6.07) is 6.71. The van der Waals surface area contributed by atoms with Gasteiger partial charge in [0, 0.05) is 23.2 Å². The molecule has 0 radical (unpaired) electrons. The van der Waals surface area contributed by atoms with Crippen LogP contribution in [0, 0.1) is 5.92 Å². The van der Waals surface area contributed by atoms with Gasteiger partial charge in [-0.1, -0.05) is 15.9 Å². The maximum atomic E-state index is 11.8. The summed E-state index contributed by atoms with van der Waals surface area (Å²) in [6.07, 6.45) is 2.49. The Kier molecular flexibility index (Phi) is 5.10. The van der Waals surface area contributed by atoms with Crippen molar-refractivity contribution in [3.05, 3.63) is 34.3 Å². The van der Waals surface area contributed by atoms with Crippen molar-refractivity contribution in [2.75, 3.05) is 19.8 Å². The molecule has 1 aromatic rings. The van der Waals surface area contributed by atoms with E-state index in [1.165, 1.54) is 12.8 Å². The Hall–Kier alpha value is -1.20. The Labute approximate surface area is 120 Å². The molecule has 0 aromatic heterocycles. The second-order valence-electron chi connectivity index (χ2n) is 4.61. The fourth-order valence-electron chi connectivity index (χ4n) is 1.58. The summed E-state index contributed by atoms with van der Waals surface area (Å²) < 4.78 is 6.25. The minimum Gasteiger partial charge on any atom is -0.379 e. The van der Waals surface area contributed by atoms with E-state index < -0.39 is 11.7 Å². The van der Waals surface area contributed by atoms with Gasteiger partial charge in [-0.3, -0.25) is 9.59 Å². The number of amides is 1. The number of rotatable bonds is 7. The van der Waals surface area contributed by atoms with Crippen molar-refractivity contribution in [3.63, 3.8) is 0 Å². The number of hydrogen-bond donors (Lipinski definition) is 1. The third-order valence-corrected chi connectivity index (χ3v) is 3.42. The minimum atomic E-state index is -0.586. The lowest BCUT2D eigenvalue weighted by atomic mass is 10.1. The normalized spacial score (nSPS) is 14.2. The van der Waals surface area contributed by atoms with E-state index in [-0.39, 0.29) is 0 Å². The Balaban J connectivity index is 1.69. The molecule has 4 nitrogen and oxygen atoms in total. The van der Waals surface area contributed by atoms with Gasteiger partial charge in [-0.15, -0.1) is 0 Å². The molecule has 0 unspecified atom stereocenters. The van der Waals surface area contributed by atoms with Crippen molar-refractivity contribution in [2.24, 2.45) is 5.92 Å². The van der Waals surface area contributed by atoms with Gasteiger partial charge in [0.25, 0.3) is 5.91 Å². The van der Waals surface area contributed by atoms with Gasteiger partial charge in [-0.05, 0) is 43.0 Å². The van der Waals surface area contributed by atoms with E-state index in [4.69, 9.17) is 4.74 Å². The van der Waals surface area contributed by atoms with Crippen molar-refractivity contribution in [3.8, 4) is 0 Å². The predicted octanol–water partition coefficient (Wildman–Crippen LogP) is 2.17. The van der Waals surface area contributed by atoms with E-state index in [2.05, 4.69) is 21.2 Å². The van der Waals surface area contributed by atoms with Crippen molar-refractivity contribution in [1.82, 2.24) is 5.32 Å². The van der Waals surface area contributed by atoms with E-state index in [0.717, 1.165) is 11.1 Å². The average Bonchev–Trinajstić information content (AvgIpc) is 3.22. The van der Waals surface area contributed by atoms with Crippen LogP contribution in [0.15, 0.2) is 28.7 Å². The van der Waals surface area contributed by atoms with E-state index in [9.17, 15) is 9.59 Å². The van der Waals surface area contributed by atoms with Gasteiger partial charge in [0.2, 0.25) is 5.78 Å². The monoisotopic (exact) mass is 325 g/mol. The molecule has 0 heterocycles. The summed E-state index contributed by atoms with van der Waals surface area (Å²) in [5, 5.41) is 2.56. The number of hydrogen-bond acceptors (Lipinski definition) is 3. The van der Waals surface area contributed by atoms with Crippen LogP contribution < -0.4 is 5.32 Å². The summed E-state index contributed by atoms with van der Waals surface area (Å²) in [4.78, 5) is 23.4. The highest BCUT2D eigenvalue weighted by Crippen LogP contribution is 2.28. The summed E-state index contributed by atoms with van der Waals surface area (Å²) in [5.41, 5.74) is 0.389. The van der Waals surface area contributed by atoms with Gasteiger partial charge < -0.3 is 10.1 Å². The molecule has 1 aromatic carbocycles. The average molecular weight is 326 g/mol. The van der Waals surface area contributed by atoms with E-state index in [1.807, 2.05) is 0 Å². The zero-order valence-corrected chi connectivity index (χ0v) is 12.1. The minimum absolute atomic E-state index is 0.369. The first-order valence-corrected chi connectivity index (χ1v) is 7.12. The molecule has 0 saturated heterocycles. The van der Waals surface area contributed by atoms with E-state index in [1.54, 1.807) is 24.3 Å². The number of benzene rings is 1. The first-order valence-electron chi connectivity index (χ1n) is 6.32. The van der Waals surface area contributed by atoms with Gasteiger partial charge in [0.05, 0.1) is 6.61 Å². The highest BCUT2D eigenvalue weighted by atomic mass is 79.9. The van der Waals surface area contributed by atoms with Gasteiger partial charge in [0.1, 0.15) is 0 Å². The SMILES string of the molecule is O=C(NCCOCC1CC1)C(=O)c1ccc(Br)cc1. The van der Waals surface area contributed by atoms with Crippen molar-refractivity contribution in [1.29, 1.82) is 0 Å². The van der Waals surface area contributed by atoms with Crippen LogP contribution in [-0.4, -0.2) is 31.4 Å². The van der Waals surface area contributed by atoms with Gasteiger partial charge in [0.15, 0.2) is 0 Å². The Bertz CT molecular complexity index is 454. The van der Waals surface area contributed by atoms with Gasteiger partial charge >= 0.3 is 0 Å². The molecule has 1 fully saturated rings. The molecule has 1 N–H and O–H groups in total. The standard InChI is InChI=1S/C14H16BrNO3/c15-12-5-3-11(4-6-12)13(17)14(18)16-7-8-19-9-10-1-2-10/h3-6,10H,1-2,7-9H2,(H,16,18). The van der Waals surface area contributed by atoms with Crippen LogP contribution in [0.1, 0.15) is 23.2 Å². The molecule has 0 bridgehead atoms. The molecule has 0 aliphatic heterocycles. The maximum Gasteiger partial charge on any atom is 0.292 e. The molecule has 102 valence electrons. The van der Waals surface area contributed by atoms with Gasteiger partial charge in [-0.2, -0.15) is 0 Å². The summed E-state index contributed by atoms with van der Waals surface area (Å²) >= 11 is 3.28. The molecule has 19 heavy (non-hydrogen) atoms. The largest absolute Gasteiger partial charge is 0.379 e. The van der Waals surface area contributed by atoms with Crippen molar-refractivity contribution < 1.29 is 14.3 Å². The highest BCUT2D eigenvalue weighted by molar-refractivity contribution is 9.10. The lowest BCUT2D eigenvalue weighted by molar-refractivity contribution is -0.117. The summed E-state index contributed by atoms with van der Waals surface area (Å²) in [5.74, 6) is -0.396. The van der Waals surface area contributed by atoms with Crippen LogP contribution in [0.25, 0.3) is 0 Å². The fraction of sp³-hybridized carbons (Fsp3) is 0.429. The third-order valence-electron chi connectivity index (χ3n) is 2.90. The van der Waals surface area contributed by atoms with Crippen LogP contribution in [-0.2, 0) is 9.53 Å². The van der Waals surface area contributed by atoms with Crippen LogP contribution in [0.4, 0.5) is 0 Å². The van der Waals surface area contributed by atoms with Crippen LogP contribution in [0.5, 0.6) is 0 Å². The van der Waals surface area contributed by atoms with Crippen LogP contribution in [0.3, 0.4) is 0 Å². The first kappa shape index (κ1) is 14.2. The zero-order valence-electron chi connectivity index (χ0n) is 10.5. The second kappa shape index (κ2) is 6.82. The van der Waals surface area contributed by atoms with Crippen LogP contribution in [0.2, 0.25) is 0 Å². The third kappa shape index (κ3) is 4.76. The smallest absolute Gasteiger partial charge is 0.292 e. The second-order valence-corrected chi connectivity index (χ2v) is 5.53. The molecule has 1 aliphatic carbocycles. The van der Waals surface area contributed by atoms with Crippen LogP contribution >= 0.6 is 15.9 Å². The number of carbonyl (C=O) groups excluding carboxylic acids is 2. The quantitative estimate of drug-likeness (QED) is 0.475. The lowest BCUT2D eigenvalue weighted by Crippen LogP contribution is -2.33. The Morgan fingerprint density at radius 3 is 2.58 bits per heavy atom. The fourth-order valence-corrected chi connectivity index (χ4v) is 1.85. The molecule has 0 atom stereocenters. The summed E-state index contributed by atoms with van der Waals surface area (Å²) in [7, 11) is 0. The van der Waals surface area contributed by atoms with E-state index >= 15 is 0 Å². The molecule has 1 amide bonds. The predicted molar refractivity (Wildman–Crippen MR) is 75.0 cm³/mol.